The van der Waals surface area contributed by atoms with Gasteiger partial charge in [-0.1, -0.05) is 18.7 Å². The van der Waals surface area contributed by atoms with E-state index in [2.05, 4.69) is 11.9 Å². The van der Waals surface area contributed by atoms with E-state index in [0.29, 0.717) is 5.69 Å². The molecule has 1 amide bonds. The number of fused-ring (bicyclic) bond motifs is 1. The lowest BCUT2D eigenvalue weighted by Crippen LogP contribution is -2.56. The van der Waals surface area contributed by atoms with E-state index < -0.39 is 16.8 Å². The number of ether oxygens (including phenoxy) is 1. The Balaban J connectivity index is 1.98. The molecule has 0 aliphatic carbocycles. The summed E-state index contributed by atoms with van der Waals surface area (Å²) in [5.74, 6) is 0.0312. The molecule has 1 heterocycles. The van der Waals surface area contributed by atoms with E-state index in [1.54, 1.807) is 32.9 Å². The molecular weight excluding hydrogens is 407 g/mol. The number of benzene rings is 2. The van der Waals surface area contributed by atoms with Crippen LogP contribution in [0.5, 0.6) is 5.75 Å². The molecule has 0 radical (unpaired) electrons. The minimum absolute atomic E-state index is 0.0932. The van der Waals surface area contributed by atoms with Crippen LogP contribution in [-0.2, 0) is 16.8 Å². The third-order valence-corrected chi connectivity index (χ3v) is 6.46. The number of nitrogens with two attached hydrogens (primary N) is 2. The number of anilines is 2. The second-order valence-electron chi connectivity index (χ2n) is 9.83. The van der Waals surface area contributed by atoms with Crippen molar-refractivity contribution in [2.75, 3.05) is 12.4 Å². The molecule has 0 aromatic heterocycles. The first kappa shape index (κ1) is 23.6. The van der Waals surface area contributed by atoms with Crippen molar-refractivity contribution in [3.63, 3.8) is 0 Å². The lowest BCUT2D eigenvalue weighted by atomic mass is 9.68. The van der Waals surface area contributed by atoms with Crippen LogP contribution in [0.15, 0.2) is 48.8 Å². The largest absolute Gasteiger partial charge is 0.485 e. The van der Waals surface area contributed by atoms with E-state index in [0.717, 1.165) is 23.4 Å². The van der Waals surface area contributed by atoms with Crippen molar-refractivity contribution in [1.82, 2.24) is 4.90 Å². The maximum atomic E-state index is 15.0. The average molecular weight is 441 g/mol. The second-order valence-corrected chi connectivity index (χ2v) is 9.83. The molecule has 172 valence electrons. The highest BCUT2D eigenvalue weighted by Gasteiger charge is 2.48. The first-order chi connectivity index (χ1) is 14.7. The predicted octanol–water partition coefficient (Wildman–Crippen LogP) is 4.37. The van der Waals surface area contributed by atoms with E-state index in [1.807, 2.05) is 32.0 Å². The van der Waals surface area contributed by atoms with Crippen LogP contribution < -0.4 is 21.5 Å². The summed E-state index contributed by atoms with van der Waals surface area (Å²) in [5, 5.41) is 3.33. The molecule has 5 N–H and O–H groups in total. The number of halogens is 1. The Kier molecular flexibility index (Phi) is 5.76. The van der Waals surface area contributed by atoms with Gasteiger partial charge in [0, 0.05) is 30.3 Å². The molecule has 0 saturated carbocycles. The molecular formula is C25H33FN4O2. The quantitative estimate of drug-likeness (QED) is 0.620. The van der Waals surface area contributed by atoms with Crippen LogP contribution in [-0.4, -0.2) is 23.5 Å². The van der Waals surface area contributed by atoms with E-state index in [4.69, 9.17) is 16.2 Å². The zero-order valence-electron chi connectivity index (χ0n) is 19.7. The van der Waals surface area contributed by atoms with Crippen LogP contribution in [0, 0.1) is 11.2 Å². The van der Waals surface area contributed by atoms with E-state index in [-0.39, 0.29) is 22.9 Å². The van der Waals surface area contributed by atoms with E-state index in [1.165, 1.54) is 18.0 Å². The number of amides is 1. The topological polar surface area (TPSA) is 93.6 Å². The SMILES string of the molecule is C=C(N)N(C)C(=O)C(C)(C)[C@](C)(N)c1cc(Nc2cccc3c2OC(C)(C)C3)ccc1F. The van der Waals surface area contributed by atoms with Crippen LogP contribution >= 0.6 is 0 Å². The maximum absolute atomic E-state index is 15.0. The smallest absolute Gasteiger partial charge is 0.235 e. The second kappa shape index (κ2) is 7.81. The summed E-state index contributed by atoms with van der Waals surface area (Å²) in [4.78, 5) is 14.3. The zero-order valence-corrected chi connectivity index (χ0v) is 19.7. The molecule has 6 nitrogen and oxygen atoms in total. The molecule has 32 heavy (non-hydrogen) atoms. The van der Waals surface area contributed by atoms with Gasteiger partial charge in [0.25, 0.3) is 0 Å². The molecule has 0 spiro atoms. The van der Waals surface area contributed by atoms with Crippen molar-refractivity contribution in [2.24, 2.45) is 16.9 Å². The number of hydrogen-bond donors (Lipinski definition) is 3. The van der Waals surface area contributed by atoms with Crippen molar-refractivity contribution in [3.05, 3.63) is 65.7 Å². The average Bonchev–Trinajstić information content (AvgIpc) is 3.02. The van der Waals surface area contributed by atoms with Crippen molar-refractivity contribution in [2.45, 2.75) is 52.2 Å². The minimum Gasteiger partial charge on any atom is -0.485 e. The molecule has 0 saturated heterocycles. The number of para-hydroxylation sites is 1. The van der Waals surface area contributed by atoms with Gasteiger partial charge >= 0.3 is 0 Å². The van der Waals surface area contributed by atoms with Crippen LogP contribution in [0.25, 0.3) is 0 Å². The number of carbonyl (C=O) groups is 1. The van der Waals surface area contributed by atoms with Gasteiger partial charge in [-0.3, -0.25) is 4.79 Å². The van der Waals surface area contributed by atoms with Crippen LogP contribution in [0.2, 0.25) is 0 Å². The van der Waals surface area contributed by atoms with Gasteiger partial charge in [-0.05, 0) is 58.9 Å². The number of nitrogens with zero attached hydrogens (tertiary/aromatic N) is 1. The van der Waals surface area contributed by atoms with Gasteiger partial charge in [-0.15, -0.1) is 0 Å². The van der Waals surface area contributed by atoms with Gasteiger partial charge < -0.3 is 26.4 Å². The molecule has 0 bridgehead atoms. The van der Waals surface area contributed by atoms with Gasteiger partial charge in [0.2, 0.25) is 5.91 Å². The molecule has 0 unspecified atom stereocenters. The Morgan fingerprint density at radius 1 is 1.25 bits per heavy atom. The van der Waals surface area contributed by atoms with E-state index >= 15 is 0 Å². The maximum Gasteiger partial charge on any atom is 0.235 e. The lowest BCUT2D eigenvalue weighted by Gasteiger charge is -2.42. The third-order valence-electron chi connectivity index (χ3n) is 6.46. The Bertz CT molecular complexity index is 1080. The third kappa shape index (κ3) is 4.05. The van der Waals surface area contributed by atoms with Crippen molar-refractivity contribution < 1.29 is 13.9 Å². The van der Waals surface area contributed by atoms with Crippen LogP contribution in [0.1, 0.15) is 45.7 Å². The van der Waals surface area contributed by atoms with Gasteiger partial charge in [0.15, 0.2) is 0 Å². The first-order valence-electron chi connectivity index (χ1n) is 10.6. The fourth-order valence-corrected chi connectivity index (χ4v) is 3.98. The number of hydrogen-bond acceptors (Lipinski definition) is 5. The Labute approximate surface area is 189 Å². The summed E-state index contributed by atoms with van der Waals surface area (Å²) in [6.07, 6.45) is 0.809. The summed E-state index contributed by atoms with van der Waals surface area (Å²) in [6, 6.07) is 10.5. The highest BCUT2D eigenvalue weighted by molar-refractivity contribution is 5.85. The van der Waals surface area contributed by atoms with Gasteiger partial charge in [-0.2, -0.15) is 0 Å². The summed E-state index contributed by atoms with van der Waals surface area (Å²) in [6.45, 7) is 12.7. The number of nitrogens with one attached hydrogen (secondary N) is 1. The monoisotopic (exact) mass is 440 g/mol. The van der Waals surface area contributed by atoms with Gasteiger partial charge in [0.05, 0.1) is 22.5 Å². The minimum atomic E-state index is -1.34. The summed E-state index contributed by atoms with van der Waals surface area (Å²) in [5.41, 5.74) is 12.3. The Hall–Kier alpha value is -3.06. The number of carbonyl (C=O) groups excluding carboxylic acids is 1. The van der Waals surface area contributed by atoms with E-state index in [9.17, 15) is 9.18 Å². The first-order valence-corrected chi connectivity index (χ1v) is 10.6. The normalized spacial score (nSPS) is 16.5. The summed E-state index contributed by atoms with van der Waals surface area (Å²) in [7, 11) is 1.52. The summed E-state index contributed by atoms with van der Waals surface area (Å²) >= 11 is 0. The highest BCUT2D eigenvalue weighted by atomic mass is 19.1. The van der Waals surface area contributed by atoms with Crippen LogP contribution in [0.3, 0.4) is 0 Å². The van der Waals surface area contributed by atoms with Crippen molar-refractivity contribution >= 4 is 17.3 Å². The van der Waals surface area contributed by atoms with Crippen molar-refractivity contribution in [1.29, 1.82) is 0 Å². The standard InChI is InChI=1S/C25H33FN4O2/c1-15(27)30(7)22(31)24(4,5)25(6,28)18-13-17(11-12-19(18)26)29-20-10-8-9-16-14-23(2,3)32-21(16)20/h8-13,29H,1,14,27-28H2,2-7H3/t25-/m1/s1. The Morgan fingerprint density at radius 3 is 2.53 bits per heavy atom. The number of rotatable bonds is 6. The highest BCUT2D eigenvalue weighted by Crippen LogP contribution is 2.43. The van der Waals surface area contributed by atoms with Gasteiger partial charge in [-0.25, -0.2) is 4.39 Å². The van der Waals surface area contributed by atoms with Crippen LogP contribution in [0.4, 0.5) is 15.8 Å². The molecule has 2 aromatic rings. The van der Waals surface area contributed by atoms with Crippen molar-refractivity contribution in [3.8, 4) is 5.75 Å². The molecule has 0 fully saturated rings. The fourth-order valence-electron chi connectivity index (χ4n) is 3.98. The molecule has 7 heteroatoms. The lowest BCUT2D eigenvalue weighted by molar-refractivity contribution is -0.141. The zero-order chi connectivity index (χ0) is 24.1. The molecule has 2 aromatic carbocycles. The predicted molar refractivity (Wildman–Crippen MR) is 126 cm³/mol. The molecule has 3 rings (SSSR count). The molecule has 1 atom stereocenters. The fraction of sp³-hybridized carbons (Fsp3) is 0.400. The molecule has 1 aliphatic heterocycles. The molecule has 1 aliphatic rings. The summed E-state index contributed by atoms with van der Waals surface area (Å²) < 4.78 is 21.1. The van der Waals surface area contributed by atoms with Gasteiger partial charge in [0.1, 0.15) is 17.2 Å². The Morgan fingerprint density at radius 2 is 1.91 bits per heavy atom.